The number of likely N-dealkylation sites (tertiary alicyclic amines) is 1. The molecule has 1 aromatic heterocycles. The highest BCUT2D eigenvalue weighted by atomic mass is 32.2. The molecule has 1 N–H and O–H groups in total. The molecule has 0 spiro atoms. The monoisotopic (exact) mass is 331 g/mol. The molecule has 0 bridgehead atoms. The van der Waals surface area contributed by atoms with Gasteiger partial charge in [0.15, 0.2) is 5.13 Å². The molecule has 1 atom stereocenters. The fourth-order valence-electron chi connectivity index (χ4n) is 2.36. The molecule has 0 radical (unpaired) electrons. The van der Waals surface area contributed by atoms with Gasteiger partial charge in [0.25, 0.3) is 0 Å². The summed E-state index contributed by atoms with van der Waals surface area (Å²) in [5.41, 5.74) is 0.965. The minimum absolute atomic E-state index is 0.0354. The minimum atomic E-state index is -2.99. The van der Waals surface area contributed by atoms with Crippen molar-refractivity contribution in [2.45, 2.75) is 26.2 Å². The zero-order chi connectivity index (χ0) is 15.6. The number of carbonyl (C=O) groups excluding carboxylic acids is 1. The van der Waals surface area contributed by atoms with Crippen molar-refractivity contribution in [2.75, 3.05) is 30.4 Å². The van der Waals surface area contributed by atoms with E-state index in [4.69, 9.17) is 0 Å². The number of thiazole rings is 1. The van der Waals surface area contributed by atoms with Crippen LogP contribution in [0.1, 0.15) is 31.9 Å². The smallest absolute Gasteiger partial charge is 0.323 e. The summed E-state index contributed by atoms with van der Waals surface area (Å²) in [6, 6.07) is -0.198. The van der Waals surface area contributed by atoms with Crippen LogP contribution in [0.3, 0.4) is 0 Å². The molecule has 0 saturated carbocycles. The highest BCUT2D eigenvalue weighted by Crippen LogP contribution is 2.23. The van der Waals surface area contributed by atoms with E-state index in [1.54, 1.807) is 4.90 Å². The van der Waals surface area contributed by atoms with E-state index in [2.05, 4.69) is 24.1 Å². The van der Waals surface area contributed by atoms with Gasteiger partial charge < -0.3 is 4.90 Å². The van der Waals surface area contributed by atoms with Crippen molar-refractivity contribution in [1.29, 1.82) is 0 Å². The number of hydrogen-bond donors (Lipinski definition) is 1. The summed E-state index contributed by atoms with van der Waals surface area (Å²) in [5.74, 6) is 0.511. The van der Waals surface area contributed by atoms with E-state index < -0.39 is 9.84 Å². The molecule has 8 heteroatoms. The third kappa shape index (κ3) is 4.67. The number of nitrogens with zero attached hydrogens (tertiary/aromatic N) is 2. The third-order valence-electron chi connectivity index (χ3n) is 3.44. The number of sulfone groups is 1. The van der Waals surface area contributed by atoms with Crippen molar-refractivity contribution in [3.63, 3.8) is 0 Å². The number of carbonyl (C=O) groups is 1. The highest BCUT2D eigenvalue weighted by molar-refractivity contribution is 7.90. The molecular formula is C13H21N3O3S2. The van der Waals surface area contributed by atoms with Crippen LogP contribution in [0.5, 0.6) is 0 Å². The van der Waals surface area contributed by atoms with Crippen molar-refractivity contribution in [1.82, 2.24) is 9.88 Å². The van der Waals surface area contributed by atoms with Gasteiger partial charge >= 0.3 is 6.03 Å². The van der Waals surface area contributed by atoms with Gasteiger partial charge in [-0.1, -0.05) is 13.8 Å². The summed E-state index contributed by atoms with van der Waals surface area (Å²) in [6.07, 6.45) is 1.97. The first kappa shape index (κ1) is 16.2. The molecule has 2 rings (SSSR count). The topological polar surface area (TPSA) is 79.4 Å². The fraction of sp³-hybridized carbons (Fsp3) is 0.692. The number of hydrogen-bond acceptors (Lipinski definition) is 5. The second-order valence-corrected chi connectivity index (χ2v) is 8.90. The summed E-state index contributed by atoms with van der Waals surface area (Å²) >= 11 is 1.41. The maximum atomic E-state index is 12.1. The number of urea groups is 1. The van der Waals surface area contributed by atoms with Gasteiger partial charge in [-0.25, -0.2) is 18.2 Å². The second kappa shape index (κ2) is 6.31. The van der Waals surface area contributed by atoms with Crippen molar-refractivity contribution >= 4 is 32.3 Å². The Morgan fingerprint density at radius 2 is 2.29 bits per heavy atom. The molecule has 1 aliphatic heterocycles. The fourth-order valence-corrected chi connectivity index (χ4v) is 4.35. The lowest BCUT2D eigenvalue weighted by Gasteiger charge is -2.16. The average Bonchev–Trinajstić information content (AvgIpc) is 2.96. The van der Waals surface area contributed by atoms with E-state index in [-0.39, 0.29) is 17.7 Å². The molecule has 118 valence electrons. The van der Waals surface area contributed by atoms with Gasteiger partial charge in [0, 0.05) is 24.7 Å². The standard InChI is InChI=1S/C13H21N3O3S2/c1-9(2)11-7-20-12(14-11)15-13(17)16-5-4-10(6-16)8-21(3,18)19/h7,9-10H,4-6,8H2,1-3H3,(H,14,15,17)/t10-/m0/s1. The normalized spacial score (nSPS) is 19.2. The lowest BCUT2D eigenvalue weighted by molar-refractivity contribution is 0.221. The Balaban J connectivity index is 1.89. The molecule has 0 aromatic carbocycles. The first-order chi connectivity index (χ1) is 9.74. The Hall–Kier alpha value is -1.15. The van der Waals surface area contributed by atoms with Crippen LogP contribution in [0.2, 0.25) is 0 Å². The lowest BCUT2D eigenvalue weighted by Crippen LogP contribution is -2.33. The third-order valence-corrected chi connectivity index (χ3v) is 5.29. The predicted molar refractivity (Wildman–Crippen MR) is 84.6 cm³/mol. The Labute approximate surface area is 129 Å². The first-order valence-electron chi connectivity index (χ1n) is 6.93. The van der Waals surface area contributed by atoms with E-state index in [0.29, 0.717) is 24.1 Å². The zero-order valence-electron chi connectivity index (χ0n) is 12.5. The molecule has 21 heavy (non-hydrogen) atoms. The minimum Gasteiger partial charge on any atom is -0.324 e. The Bertz CT molecular complexity index is 610. The van der Waals surface area contributed by atoms with Crippen LogP contribution in [0, 0.1) is 5.92 Å². The molecule has 1 aromatic rings. The average molecular weight is 331 g/mol. The molecule has 2 amide bonds. The number of rotatable bonds is 4. The molecule has 1 aliphatic rings. The Kier molecular flexibility index (Phi) is 4.88. The summed E-state index contributed by atoms with van der Waals surface area (Å²) in [5, 5.41) is 5.32. The van der Waals surface area contributed by atoms with Gasteiger partial charge in [-0.15, -0.1) is 11.3 Å². The van der Waals surface area contributed by atoms with Gasteiger partial charge in [-0.3, -0.25) is 5.32 Å². The first-order valence-corrected chi connectivity index (χ1v) is 9.87. The van der Waals surface area contributed by atoms with Gasteiger partial charge in [0.05, 0.1) is 11.4 Å². The molecular weight excluding hydrogens is 310 g/mol. The summed E-state index contributed by atoms with van der Waals surface area (Å²) in [7, 11) is -2.99. The van der Waals surface area contributed by atoms with Gasteiger partial charge in [0.2, 0.25) is 0 Å². The van der Waals surface area contributed by atoms with Crippen LogP contribution < -0.4 is 5.32 Å². The van der Waals surface area contributed by atoms with Crippen molar-refractivity contribution in [3.05, 3.63) is 11.1 Å². The van der Waals surface area contributed by atoms with Crippen molar-refractivity contribution in [3.8, 4) is 0 Å². The van der Waals surface area contributed by atoms with E-state index in [1.165, 1.54) is 17.6 Å². The highest BCUT2D eigenvalue weighted by Gasteiger charge is 2.28. The van der Waals surface area contributed by atoms with Crippen LogP contribution >= 0.6 is 11.3 Å². The zero-order valence-corrected chi connectivity index (χ0v) is 14.1. The lowest BCUT2D eigenvalue weighted by atomic mass is 10.2. The quantitative estimate of drug-likeness (QED) is 0.917. The maximum absolute atomic E-state index is 12.1. The summed E-state index contributed by atoms with van der Waals surface area (Å²) < 4.78 is 22.6. The molecule has 1 saturated heterocycles. The second-order valence-electron chi connectivity index (χ2n) is 5.86. The number of aromatic nitrogens is 1. The van der Waals surface area contributed by atoms with E-state index in [9.17, 15) is 13.2 Å². The molecule has 0 unspecified atom stereocenters. The largest absolute Gasteiger partial charge is 0.324 e. The van der Waals surface area contributed by atoms with Crippen LogP contribution in [-0.2, 0) is 9.84 Å². The van der Waals surface area contributed by atoms with E-state index in [0.717, 1.165) is 12.1 Å². The number of anilines is 1. The number of amides is 2. The SMILES string of the molecule is CC(C)c1csc(NC(=O)N2CC[C@H](CS(C)(=O)=O)C2)n1. The summed E-state index contributed by atoms with van der Waals surface area (Å²) in [4.78, 5) is 18.2. The molecule has 2 heterocycles. The van der Waals surface area contributed by atoms with Crippen molar-refractivity contribution < 1.29 is 13.2 Å². The Morgan fingerprint density at radius 1 is 1.57 bits per heavy atom. The maximum Gasteiger partial charge on any atom is 0.323 e. The molecule has 1 fully saturated rings. The van der Waals surface area contributed by atoms with Crippen LogP contribution in [-0.4, -0.2) is 49.4 Å². The van der Waals surface area contributed by atoms with Crippen LogP contribution in [0.4, 0.5) is 9.93 Å². The van der Waals surface area contributed by atoms with Gasteiger partial charge in [-0.2, -0.15) is 0 Å². The molecule has 0 aliphatic carbocycles. The van der Waals surface area contributed by atoms with Crippen LogP contribution in [0.25, 0.3) is 0 Å². The van der Waals surface area contributed by atoms with Crippen molar-refractivity contribution in [2.24, 2.45) is 5.92 Å². The van der Waals surface area contributed by atoms with Gasteiger partial charge in [0.1, 0.15) is 9.84 Å². The van der Waals surface area contributed by atoms with Gasteiger partial charge in [-0.05, 0) is 18.3 Å². The number of nitrogens with one attached hydrogen (secondary N) is 1. The Morgan fingerprint density at radius 3 is 2.86 bits per heavy atom. The summed E-state index contributed by atoms with van der Waals surface area (Å²) in [6.45, 7) is 5.18. The van der Waals surface area contributed by atoms with E-state index in [1.807, 2.05) is 5.38 Å². The van der Waals surface area contributed by atoms with Crippen LogP contribution in [0.15, 0.2) is 5.38 Å². The predicted octanol–water partition coefficient (Wildman–Crippen LogP) is 2.16. The molecule has 6 nitrogen and oxygen atoms in total. The van der Waals surface area contributed by atoms with E-state index >= 15 is 0 Å².